The van der Waals surface area contributed by atoms with Gasteiger partial charge in [-0.05, 0) is 24.8 Å². The van der Waals surface area contributed by atoms with Crippen molar-refractivity contribution in [2.75, 3.05) is 32.7 Å². The molecule has 0 spiro atoms. The predicted octanol–water partition coefficient (Wildman–Crippen LogP) is 1.58. The van der Waals surface area contributed by atoms with E-state index in [1.54, 1.807) is 0 Å². The van der Waals surface area contributed by atoms with E-state index < -0.39 is 0 Å². The lowest BCUT2D eigenvalue weighted by Crippen LogP contribution is -2.52. The summed E-state index contributed by atoms with van der Waals surface area (Å²) < 4.78 is 0. The van der Waals surface area contributed by atoms with Crippen molar-refractivity contribution in [1.29, 1.82) is 0 Å². The number of hydrogen-bond donors (Lipinski definition) is 1. The van der Waals surface area contributed by atoms with Gasteiger partial charge in [0.1, 0.15) is 0 Å². The van der Waals surface area contributed by atoms with Crippen molar-refractivity contribution >= 4 is 28.5 Å². The molecule has 1 aliphatic rings. The number of hydrogen-bond acceptors (Lipinski definition) is 4. The van der Waals surface area contributed by atoms with Gasteiger partial charge in [0.05, 0.1) is 11.0 Å². The Balaban J connectivity index is 1.72. The van der Waals surface area contributed by atoms with E-state index in [4.69, 9.17) is 18.0 Å². The largest absolute Gasteiger partial charge is 0.392 e. The summed E-state index contributed by atoms with van der Waals surface area (Å²) in [4.78, 5) is 7.00. The fourth-order valence-corrected chi connectivity index (χ4v) is 3.12. The second-order valence-corrected chi connectivity index (χ2v) is 6.29. The lowest BCUT2D eigenvalue weighted by molar-refractivity contribution is 0.124. The molecule has 1 fully saturated rings. The maximum absolute atomic E-state index is 5.70. The first-order valence-electron chi connectivity index (χ1n) is 6.45. The average Bonchev–Trinajstić information content (AvgIpc) is 2.89. The van der Waals surface area contributed by atoms with E-state index >= 15 is 0 Å². The molecule has 0 amide bonds. The molecule has 2 rings (SSSR count). The van der Waals surface area contributed by atoms with E-state index in [0.29, 0.717) is 4.99 Å². The third-order valence-corrected chi connectivity index (χ3v) is 4.90. The Morgan fingerprint density at radius 1 is 1.44 bits per heavy atom. The van der Waals surface area contributed by atoms with Crippen molar-refractivity contribution in [1.82, 2.24) is 9.80 Å². The summed E-state index contributed by atoms with van der Waals surface area (Å²) in [5.41, 5.74) is 5.70. The van der Waals surface area contributed by atoms with E-state index in [1.807, 2.05) is 11.3 Å². The number of piperazine rings is 1. The smallest absolute Gasteiger partial charge is 0.0899 e. The van der Waals surface area contributed by atoms with E-state index in [1.165, 1.54) is 11.3 Å². The summed E-state index contributed by atoms with van der Waals surface area (Å²) in [7, 11) is 0. The Bertz CT molecular complexity index is 370. The first-order valence-corrected chi connectivity index (χ1v) is 7.73. The zero-order valence-corrected chi connectivity index (χ0v) is 12.5. The molecular formula is C13H21N3S2. The summed E-state index contributed by atoms with van der Waals surface area (Å²) in [6.45, 7) is 7.65. The fraction of sp³-hybridized carbons (Fsp3) is 0.615. The third kappa shape index (κ3) is 3.75. The van der Waals surface area contributed by atoms with Gasteiger partial charge in [0.15, 0.2) is 0 Å². The minimum atomic E-state index is 0.236. The van der Waals surface area contributed by atoms with Crippen molar-refractivity contribution < 1.29 is 0 Å². The van der Waals surface area contributed by atoms with Crippen LogP contribution in [-0.4, -0.2) is 53.6 Å². The van der Waals surface area contributed by atoms with E-state index in [2.05, 4.69) is 34.2 Å². The van der Waals surface area contributed by atoms with E-state index in [0.717, 1.165) is 32.7 Å². The van der Waals surface area contributed by atoms with Gasteiger partial charge in [-0.25, -0.2) is 0 Å². The van der Waals surface area contributed by atoms with Crippen molar-refractivity contribution in [3.8, 4) is 0 Å². The molecule has 5 heteroatoms. The van der Waals surface area contributed by atoms with E-state index in [9.17, 15) is 0 Å². The van der Waals surface area contributed by atoms with Crippen molar-refractivity contribution in [3.63, 3.8) is 0 Å². The van der Waals surface area contributed by atoms with Crippen LogP contribution in [-0.2, 0) is 6.42 Å². The highest BCUT2D eigenvalue weighted by Crippen LogP contribution is 2.11. The van der Waals surface area contributed by atoms with Gasteiger partial charge < -0.3 is 10.6 Å². The minimum absolute atomic E-state index is 0.236. The molecular weight excluding hydrogens is 262 g/mol. The first-order chi connectivity index (χ1) is 8.66. The SMILES string of the molecule is CC(C(N)=S)N1CCN(CCc2cccs2)CC1. The second-order valence-electron chi connectivity index (χ2n) is 4.79. The molecule has 0 saturated carbocycles. The molecule has 18 heavy (non-hydrogen) atoms. The van der Waals surface area contributed by atoms with Gasteiger partial charge in [-0.15, -0.1) is 11.3 Å². The Morgan fingerprint density at radius 3 is 2.72 bits per heavy atom. The maximum atomic E-state index is 5.70. The summed E-state index contributed by atoms with van der Waals surface area (Å²) in [6, 6.07) is 4.58. The monoisotopic (exact) mass is 283 g/mol. The predicted molar refractivity (Wildman–Crippen MR) is 82.3 cm³/mol. The Labute approximate surface area is 119 Å². The molecule has 1 aromatic rings. The van der Waals surface area contributed by atoms with Crippen molar-refractivity contribution in [3.05, 3.63) is 22.4 Å². The van der Waals surface area contributed by atoms with Crippen LogP contribution in [0.5, 0.6) is 0 Å². The first kappa shape index (κ1) is 13.9. The number of thiocarbonyl (C=S) groups is 1. The van der Waals surface area contributed by atoms with Crippen LogP contribution < -0.4 is 5.73 Å². The highest BCUT2D eigenvalue weighted by Gasteiger charge is 2.21. The van der Waals surface area contributed by atoms with Crippen molar-refractivity contribution in [2.45, 2.75) is 19.4 Å². The molecule has 1 aliphatic heterocycles. The summed E-state index contributed by atoms with van der Waals surface area (Å²) in [5.74, 6) is 0. The summed E-state index contributed by atoms with van der Waals surface area (Å²) >= 11 is 6.91. The minimum Gasteiger partial charge on any atom is -0.392 e. The zero-order valence-electron chi connectivity index (χ0n) is 10.8. The highest BCUT2D eigenvalue weighted by atomic mass is 32.1. The molecule has 0 radical (unpaired) electrons. The topological polar surface area (TPSA) is 32.5 Å². The Hall–Kier alpha value is -0.490. The number of rotatable bonds is 5. The van der Waals surface area contributed by atoms with Crippen LogP contribution in [0.1, 0.15) is 11.8 Å². The fourth-order valence-electron chi connectivity index (χ4n) is 2.28. The van der Waals surface area contributed by atoms with Gasteiger partial charge >= 0.3 is 0 Å². The molecule has 100 valence electrons. The average molecular weight is 283 g/mol. The standard InChI is InChI=1S/C13H21N3S2/c1-11(13(14)17)16-8-6-15(7-9-16)5-4-12-3-2-10-18-12/h2-3,10-11H,4-9H2,1H3,(H2,14,17). The molecule has 1 atom stereocenters. The van der Waals surface area contributed by atoms with Crippen LogP contribution in [0.4, 0.5) is 0 Å². The van der Waals surface area contributed by atoms with Gasteiger partial charge in [-0.1, -0.05) is 18.3 Å². The molecule has 3 nitrogen and oxygen atoms in total. The Kier molecular flexibility index (Phi) is 5.12. The molecule has 0 aromatic carbocycles. The van der Waals surface area contributed by atoms with Crippen molar-refractivity contribution in [2.24, 2.45) is 5.73 Å². The van der Waals surface area contributed by atoms with Crippen LogP contribution in [0.3, 0.4) is 0 Å². The molecule has 1 aromatic heterocycles. The molecule has 0 bridgehead atoms. The van der Waals surface area contributed by atoms with Crippen LogP contribution in [0.25, 0.3) is 0 Å². The van der Waals surface area contributed by atoms with E-state index in [-0.39, 0.29) is 6.04 Å². The molecule has 1 unspecified atom stereocenters. The van der Waals surface area contributed by atoms with Crippen LogP contribution >= 0.6 is 23.6 Å². The van der Waals surface area contributed by atoms with Gasteiger partial charge in [-0.2, -0.15) is 0 Å². The lowest BCUT2D eigenvalue weighted by Gasteiger charge is -2.37. The normalized spacial score (nSPS) is 19.8. The quantitative estimate of drug-likeness (QED) is 0.832. The van der Waals surface area contributed by atoms with Gasteiger partial charge in [0.2, 0.25) is 0 Å². The zero-order chi connectivity index (χ0) is 13.0. The number of thiophene rings is 1. The molecule has 0 aliphatic carbocycles. The lowest BCUT2D eigenvalue weighted by atomic mass is 10.2. The highest BCUT2D eigenvalue weighted by molar-refractivity contribution is 7.80. The van der Waals surface area contributed by atoms with Gasteiger partial charge in [-0.3, -0.25) is 4.90 Å². The molecule has 2 N–H and O–H groups in total. The van der Waals surface area contributed by atoms with Crippen LogP contribution in [0.2, 0.25) is 0 Å². The van der Waals surface area contributed by atoms with Gasteiger partial charge in [0, 0.05) is 37.6 Å². The van der Waals surface area contributed by atoms with Crippen LogP contribution in [0, 0.1) is 0 Å². The molecule has 1 saturated heterocycles. The number of nitrogens with zero attached hydrogens (tertiary/aromatic N) is 2. The van der Waals surface area contributed by atoms with Gasteiger partial charge in [0.25, 0.3) is 0 Å². The molecule has 2 heterocycles. The number of nitrogens with two attached hydrogens (primary N) is 1. The Morgan fingerprint density at radius 2 is 2.17 bits per heavy atom. The second kappa shape index (κ2) is 6.61. The maximum Gasteiger partial charge on any atom is 0.0899 e. The van der Waals surface area contributed by atoms with Crippen LogP contribution in [0.15, 0.2) is 17.5 Å². The summed E-state index contributed by atoms with van der Waals surface area (Å²) in [6.07, 6.45) is 1.17. The third-order valence-electron chi connectivity index (χ3n) is 3.62. The summed E-state index contributed by atoms with van der Waals surface area (Å²) in [5, 5.41) is 2.15.